The Bertz CT molecular complexity index is 580. The van der Waals surface area contributed by atoms with E-state index in [1.807, 2.05) is 0 Å². The Hall–Kier alpha value is -1.71. The van der Waals surface area contributed by atoms with Crippen LogP contribution < -0.4 is 5.32 Å². The molecule has 0 bridgehead atoms. The third-order valence-corrected chi connectivity index (χ3v) is 4.13. The summed E-state index contributed by atoms with van der Waals surface area (Å²) >= 11 is 0. The first kappa shape index (κ1) is 19.6. The molecule has 0 aliphatic carbocycles. The van der Waals surface area contributed by atoms with Crippen LogP contribution in [0.4, 0.5) is 13.2 Å². The van der Waals surface area contributed by atoms with Gasteiger partial charge in [-0.25, -0.2) is 0 Å². The van der Waals surface area contributed by atoms with E-state index in [-0.39, 0.29) is 19.0 Å². The van der Waals surface area contributed by atoms with Crippen LogP contribution >= 0.6 is 0 Å². The second kappa shape index (κ2) is 8.11. The molecule has 2 rings (SSSR count). The number of carbonyl (C=O) groups is 1. The number of amides is 1. The molecule has 1 aromatic rings. The third kappa shape index (κ3) is 5.13. The molecule has 140 valence electrons. The van der Waals surface area contributed by atoms with Crippen LogP contribution in [-0.2, 0) is 22.3 Å². The molecule has 1 aromatic heterocycles. The Morgan fingerprint density at radius 2 is 2.20 bits per heavy atom. The van der Waals surface area contributed by atoms with Gasteiger partial charge in [-0.3, -0.25) is 9.78 Å². The number of halogens is 3. The van der Waals surface area contributed by atoms with E-state index in [1.165, 1.54) is 6.07 Å². The number of piperidine rings is 1. The number of rotatable bonds is 7. The van der Waals surface area contributed by atoms with Crippen molar-refractivity contribution in [3.05, 3.63) is 29.6 Å². The molecule has 1 amide bonds. The lowest BCUT2D eigenvalue weighted by atomic mass is 9.91. The zero-order valence-corrected chi connectivity index (χ0v) is 14.0. The molecular formula is C16H22F3N3O3. The lowest BCUT2D eigenvalue weighted by molar-refractivity contribution is -0.157. The van der Waals surface area contributed by atoms with Crippen molar-refractivity contribution >= 4 is 5.91 Å². The smallest absolute Gasteiger partial charge is 0.383 e. The highest BCUT2D eigenvalue weighted by Gasteiger charge is 2.41. The number of alkyl halides is 3. The van der Waals surface area contributed by atoms with Gasteiger partial charge < -0.3 is 20.1 Å². The summed E-state index contributed by atoms with van der Waals surface area (Å²) in [7, 11) is 1.54. The van der Waals surface area contributed by atoms with E-state index in [2.05, 4.69) is 10.3 Å². The number of aliphatic hydroxyl groups is 1. The molecule has 1 atom stereocenters. The quantitative estimate of drug-likeness (QED) is 0.763. The largest absolute Gasteiger partial charge is 0.433 e. The van der Waals surface area contributed by atoms with Crippen LogP contribution in [0.2, 0.25) is 0 Å². The van der Waals surface area contributed by atoms with Gasteiger partial charge in [-0.05, 0) is 24.5 Å². The van der Waals surface area contributed by atoms with Gasteiger partial charge in [0, 0.05) is 39.5 Å². The molecule has 6 nitrogen and oxygen atoms in total. The molecule has 2 N–H and O–H groups in total. The van der Waals surface area contributed by atoms with Crippen LogP contribution in [0.25, 0.3) is 0 Å². The summed E-state index contributed by atoms with van der Waals surface area (Å²) in [6.07, 6.45) is -2.32. The lowest BCUT2D eigenvalue weighted by Gasteiger charge is -2.38. The highest BCUT2D eigenvalue weighted by molar-refractivity contribution is 5.86. The summed E-state index contributed by atoms with van der Waals surface area (Å²) in [5.74, 6) is -0.353. The van der Waals surface area contributed by atoms with Crippen molar-refractivity contribution in [1.29, 1.82) is 0 Å². The maximum atomic E-state index is 12.5. The zero-order chi connectivity index (χ0) is 18.5. The van der Waals surface area contributed by atoms with Gasteiger partial charge in [-0.2, -0.15) is 13.2 Å². The molecule has 9 heteroatoms. The van der Waals surface area contributed by atoms with Gasteiger partial charge in [-0.15, -0.1) is 0 Å². The van der Waals surface area contributed by atoms with Crippen molar-refractivity contribution in [2.75, 3.05) is 33.4 Å². The van der Waals surface area contributed by atoms with E-state index >= 15 is 0 Å². The number of pyridine rings is 1. The maximum absolute atomic E-state index is 12.5. The second-order valence-electron chi connectivity index (χ2n) is 6.07. The number of methoxy groups -OCH3 is 1. The van der Waals surface area contributed by atoms with Crippen LogP contribution in [0.15, 0.2) is 18.3 Å². The molecule has 2 heterocycles. The van der Waals surface area contributed by atoms with Crippen LogP contribution in [0.1, 0.15) is 24.1 Å². The van der Waals surface area contributed by atoms with Crippen LogP contribution in [0.3, 0.4) is 0 Å². The van der Waals surface area contributed by atoms with E-state index in [4.69, 9.17) is 4.74 Å². The summed E-state index contributed by atoms with van der Waals surface area (Å²) in [4.78, 5) is 17.3. The highest BCUT2D eigenvalue weighted by atomic mass is 19.4. The van der Waals surface area contributed by atoms with Gasteiger partial charge in [-0.1, -0.05) is 6.07 Å². The first-order valence-corrected chi connectivity index (χ1v) is 8.00. The van der Waals surface area contributed by atoms with Crippen molar-refractivity contribution in [1.82, 2.24) is 15.2 Å². The molecule has 1 aliphatic rings. The lowest BCUT2D eigenvalue weighted by Crippen LogP contribution is -2.58. The highest BCUT2D eigenvalue weighted by Crippen LogP contribution is 2.27. The van der Waals surface area contributed by atoms with E-state index in [9.17, 15) is 23.1 Å². The van der Waals surface area contributed by atoms with Crippen molar-refractivity contribution < 1.29 is 27.8 Å². The van der Waals surface area contributed by atoms with Gasteiger partial charge >= 0.3 is 6.18 Å². The van der Waals surface area contributed by atoms with Crippen LogP contribution in [-0.4, -0.2) is 59.8 Å². The Morgan fingerprint density at radius 1 is 1.44 bits per heavy atom. The standard InChI is InChI=1S/C16H22F3N3O3/c1-25-8-7-22-6-2-5-15(24,14(22)23)11-20-9-12-3-4-13(21-10-12)16(17,18)19/h3-4,10,20,24H,2,5-9,11H2,1H3. The molecular weight excluding hydrogens is 339 g/mol. The van der Waals surface area contributed by atoms with Crippen molar-refractivity contribution in [2.24, 2.45) is 0 Å². The van der Waals surface area contributed by atoms with Gasteiger partial charge in [0.05, 0.1) is 6.61 Å². The SMILES string of the molecule is COCCN1CCCC(O)(CNCc2ccc(C(F)(F)F)nc2)C1=O. The predicted octanol–water partition coefficient (Wildman–Crippen LogP) is 1.19. The molecule has 0 radical (unpaired) electrons. The average molecular weight is 361 g/mol. The normalized spacial score (nSPS) is 21.6. The van der Waals surface area contributed by atoms with E-state index in [0.29, 0.717) is 38.1 Å². The minimum absolute atomic E-state index is 0.0241. The molecule has 0 aromatic carbocycles. The zero-order valence-electron chi connectivity index (χ0n) is 14.0. The van der Waals surface area contributed by atoms with E-state index in [1.54, 1.807) is 12.0 Å². The Kier molecular flexibility index (Phi) is 6.36. The number of nitrogens with one attached hydrogen (secondary N) is 1. The minimum Gasteiger partial charge on any atom is -0.383 e. The monoisotopic (exact) mass is 361 g/mol. The van der Waals surface area contributed by atoms with Crippen molar-refractivity contribution in [2.45, 2.75) is 31.2 Å². The molecule has 1 unspecified atom stereocenters. The summed E-state index contributed by atoms with van der Waals surface area (Å²) in [6.45, 7) is 1.62. The summed E-state index contributed by atoms with van der Waals surface area (Å²) in [5, 5.41) is 13.5. The van der Waals surface area contributed by atoms with Crippen molar-refractivity contribution in [3.8, 4) is 0 Å². The summed E-state index contributed by atoms with van der Waals surface area (Å²) < 4.78 is 42.4. The van der Waals surface area contributed by atoms with Crippen molar-refractivity contribution in [3.63, 3.8) is 0 Å². The van der Waals surface area contributed by atoms with E-state index < -0.39 is 17.5 Å². The Labute approximate surface area is 144 Å². The number of ether oxygens (including phenoxy) is 1. The Morgan fingerprint density at radius 3 is 2.80 bits per heavy atom. The van der Waals surface area contributed by atoms with Gasteiger partial charge in [0.15, 0.2) is 5.60 Å². The fraction of sp³-hybridized carbons (Fsp3) is 0.625. The van der Waals surface area contributed by atoms with Gasteiger partial charge in [0.2, 0.25) is 0 Å². The molecule has 25 heavy (non-hydrogen) atoms. The third-order valence-electron chi connectivity index (χ3n) is 4.13. The van der Waals surface area contributed by atoms with Crippen LogP contribution in [0.5, 0.6) is 0 Å². The number of likely N-dealkylation sites (tertiary alicyclic amines) is 1. The first-order chi connectivity index (χ1) is 11.8. The molecule has 1 saturated heterocycles. The topological polar surface area (TPSA) is 74.7 Å². The second-order valence-corrected chi connectivity index (χ2v) is 6.07. The summed E-state index contributed by atoms with van der Waals surface area (Å²) in [6, 6.07) is 2.23. The number of nitrogens with zero attached hydrogens (tertiary/aromatic N) is 2. The number of aromatic nitrogens is 1. The van der Waals surface area contributed by atoms with Gasteiger partial charge in [0.25, 0.3) is 5.91 Å². The molecule has 0 saturated carbocycles. The molecule has 1 fully saturated rings. The Balaban J connectivity index is 1.88. The average Bonchev–Trinajstić information content (AvgIpc) is 2.56. The maximum Gasteiger partial charge on any atom is 0.433 e. The molecule has 1 aliphatic heterocycles. The fourth-order valence-corrected chi connectivity index (χ4v) is 2.75. The van der Waals surface area contributed by atoms with Crippen LogP contribution in [0, 0.1) is 0 Å². The van der Waals surface area contributed by atoms with E-state index in [0.717, 1.165) is 12.3 Å². The van der Waals surface area contributed by atoms with Gasteiger partial charge in [0.1, 0.15) is 5.69 Å². The summed E-state index contributed by atoms with van der Waals surface area (Å²) in [5.41, 5.74) is -1.92. The predicted molar refractivity (Wildman–Crippen MR) is 83.6 cm³/mol. The minimum atomic E-state index is -4.47. The first-order valence-electron chi connectivity index (χ1n) is 8.00. The molecule has 0 spiro atoms. The fourth-order valence-electron chi connectivity index (χ4n) is 2.75. The number of carbonyl (C=O) groups excluding carboxylic acids is 1. The number of hydrogen-bond acceptors (Lipinski definition) is 5. The number of hydrogen-bond donors (Lipinski definition) is 2.